The third kappa shape index (κ3) is 4.18. The quantitative estimate of drug-likeness (QED) is 0.531. The predicted octanol–water partition coefficient (Wildman–Crippen LogP) is 3.86. The lowest BCUT2D eigenvalue weighted by Crippen LogP contribution is -2.32. The van der Waals surface area contributed by atoms with Crippen LogP contribution in [0.15, 0.2) is 30.9 Å². The molecule has 0 amide bonds. The molecule has 1 saturated carbocycles. The number of pyridine rings is 1. The Morgan fingerprint density at radius 2 is 1.82 bits per heavy atom. The fourth-order valence-electron chi connectivity index (χ4n) is 5.01. The van der Waals surface area contributed by atoms with Crippen molar-refractivity contribution >= 4 is 22.7 Å². The van der Waals surface area contributed by atoms with E-state index in [9.17, 15) is 22.0 Å². The Hall–Kier alpha value is -3.05. The molecule has 3 aromatic rings. The van der Waals surface area contributed by atoms with Crippen LogP contribution in [0.5, 0.6) is 0 Å². The Kier molecular flexibility index (Phi) is 5.32. The number of hydrogen-bond acceptors (Lipinski definition) is 6. The fraction of sp³-hybridized carbons (Fsp3) is 0.524. The van der Waals surface area contributed by atoms with Gasteiger partial charge in [-0.05, 0) is 30.7 Å². The van der Waals surface area contributed by atoms with Crippen LogP contribution in [0.3, 0.4) is 0 Å². The lowest BCUT2D eigenvalue weighted by molar-refractivity contribution is -0.137. The summed E-state index contributed by atoms with van der Waals surface area (Å²) in [6.07, 6.45) is 0.126. The number of aromatic nitrogens is 5. The van der Waals surface area contributed by atoms with Gasteiger partial charge in [-0.1, -0.05) is 0 Å². The summed E-state index contributed by atoms with van der Waals surface area (Å²) in [6.45, 7) is 0.799. The maximum Gasteiger partial charge on any atom is 0.417 e. The van der Waals surface area contributed by atoms with Crippen molar-refractivity contribution in [2.75, 3.05) is 29.9 Å². The highest BCUT2D eigenvalue weighted by molar-refractivity contribution is 5.71. The molecule has 1 unspecified atom stereocenters. The van der Waals surface area contributed by atoms with Gasteiger partial charge < -0.3 is 9.80 Å². The predicted molar refractivity (Wildman–Crippen MR) is 111 cm³/mol. The first-order chi connectivity index (χ1) is 15.7. The third-order valence-electron chi connectivity index (χ3n) is 6.69. The van der Waals surface area contributed by atoms with E-state index in [2.05, 4.69) is 20.1 Å². The number of halogens is 5. The molecular weight excluding hydrogens is 445 g/mol. The molecule has 3 aromatic heterocycles. The molecule has 3 atom stereocenters. The minimum Gasteiger partial charge on any atom is -0.370 e. The fourth-order valence-corrected chi connectivity index (χ4v) is 5.01. The SMILES string of the molecule is CN(c1cnc2cnn(CC(F)F)c2n1)C1C[C@@H]2CN(c3cncc(C(F)(F)F)c3)C[C@@H]2C1. The first-order valence-electron chi connectivity index (χ1n) is 10.7. The Labute approximate surface area is 186 Å². The summed E-state index contributed by atoms with van der Waals surface area (Å²) in [5, 5.41) is 3.95. The summed E-state index contributed by atoms with van der Waals surface area (Å²) in [5.41, 5.74) is 0.532. The van der Waals surface area contributed by atoms with Crippen molar-refractivity contribution in [3.63, 3.8) is 0 Å². The second-order valence-electron chi connectivity index (χ2n) is 8.75. The van der Waals surface area contributed by atoms with Crippen molar-refractivity contribution in [2.45, 2.75) is 38.0 Å². The smallest absolute Gasteiger partial charge is 0.370 e. The molecule has 33 heavy (non-hydrogen) atoms. The van der Waals surface area contributed by atoms with Crippen molar-refractivity contribution in [3.8, 4) is 0 Å². The standard InChI is InChI=1S/C21H22F5N7/c1-31(19-8-28-17-7-29-33(11-18(22)23)20(17)30-19)15-2-12-9-32(10-13(12)3-15)16-4-14(5-27-6-16)21(24,25)26/h4-8,12-13,15,18H,2-3,9-11H2,1H3/t12-,13+,15?. The molecule has 0 aromatic carbocycles. The molecule has 5 rings (SSSR count). The molecule has 0 N–H and O–H groups in total. The monoisotopic (exact) mass is 467 g/mol. The van der Waals surface area contributed by atoms with Crippen LogP contribution < -0.4 is 9.80 Å². The van der Waals surface area contributed by atoms with E-state index in [1.54, 1.807) is 6.20 Å². The second-order valence-corrected chi connectivity index (χ2v) is 8.75. The summed E-state index contributed by atoms with van der Waals surface area (Å²) in [5.74, 6) is 1.27. The van der Waals surface area contributed by atoms with E-state index < -0.39 is 24.7 Å². The van der Waals surface area contributed by atoms with E-state index in [0.717, 1.165) is 29.8 Å². The van der Waals surface area contributed by atoms with E-state index in [1.807, 2.05) is 16.8 Å². The van der Waals surface area contributed by atoms with Crippen LogP contribution >= 0.6 is 0 Å². The van der Waals surface area contributed by atoms with Gasteiger partial charge in [0.15, 0.2) is 5.65 Å². The maximum atomic E-state index is 13.0. The zero-order chi connectivity index (χ0) is 23.3. The Balaban J connectivity index is 1.27. The van der Waals surface area contributed by atoms with Crippen LogP contribution in [0.2, 0.25) is 0 Å². The van der Waals surface area contributed by atoms with Gasteiger partial charge in [-0.3, -0.25) is 4.98 Å². The number of hydrogen-bond donors (Lipinski definition) is 0. The molecule has 176 valence electrons. The zero-order valence-corrected chi connectivity index (χ0v) is 17.8. The number of nitrogens with zero attached hydrogens (tertiary/aromatic N) is 7. The highest BCUT2D eigenvalue weighted by Gasteiger charge is 2.43. The van der Waals surface area contributed by atoms with E-state index in [4.69, 9.17) is 0 Å². The molecule has 4 heterocycles. The average Bonchev–Trinajstić information content (AvgIpc) is 3.45. The third-order valence-corrected chi connectivity index (χ3v) is 6.69. The summed E-state index contributed by atoms with van der Waals surface area (Å²) in [6, 6.07) is 1.34. The molecule has 0 spiro atoms. The lowest BCUT2D eigenvalue weighted by atomic mass is 10.0. The van der Waals surface area contributed by atoms with E-state index in [0.29, 0.717) is 47.6 Å². The van der Waals surface area contributed by atoms with Crippen LogP contribution in [0.25, 0.3) is 11.2 Å². The lowest BCUT2D eigenvalue weighted by Gasteiger charge is -2.28. The minimum absolute atomic E-state index is 0.181. The molecule has 1 aliphatic heterocycles. The molecule has 0 radical (unpaired) electrons. The van der Waals surface area contributed by atoms with Gasteiger partial charge in [0.2, 0.25) is 0 Å². The highest BCUT2D eigenvalue weighted by Crippen LogP contribution is 2.42. The summed E-state index contributed by atoms with van der Waals surface area (Å²) < 4.78 is 65.9. The van der Waals surface area contributed by atoms with Crippen LogP contribution in [-0.4, -0.2) is 57.3 Å². The molecule has 1 saturated heterocycles. The van der Waals surface area contributed by atoms with E-state index in [-0.39, 0.29) is 6.04 Å². The molecular formula is C21H22F5N7. The minimum atomic E-state index is -4.42. The van der Waals surface area contributed by atoms with Crippen LogP contribution in [0.4, 0.5) is 33.5 Å². The first kappa shape index (κ1) is 21.8. The molecule has 2 aliphatic rings. The van der Waals surface area contributed by atoms with Gasteiger partial charge in [-0.2, -0.15) is 18.3 Å². The van der Waals surface area contributed by atoms with Gasteiger partial charge in [0.1, 0.15) is 17.9 Å². The highest BCUT2D eigenvalue weighted by atomic mass is 19.4. The second kappa shape index (κ2) is 8.07. The molecule has 2 fully saturated rings. The van der Waals surface area contributed by atoms with Gasteiger partial charge in [-0.25, -0.2) is 23.4 Å². The van der Waals surface area contributed by atoms with Crippen molar-refractivity contribution in [3.05, 3.63) is 36.4 Å². The Morgan fingerprint density at radius 1 is 1.09 bits per heavy atom. The van der Waals surface area contributed by atoms with Crippen molar-refractivity contribution in [1.82, 2.24) is 24.7 Å². The van der Waals surface area contributed by atoms with E-state index in [1.165, 1.54) is 12.4 Å². The number of rotatable bonds is 5. The summed E-state index contributed by atoms with van der Waals surface area (Å²) in [7, 11) is 1.91. The molecule has 0 bridgehead atoms. The average molecular weight is 467 g/mol. The van der Waals surface area contributed by atoms with Gasteiger partial charge in [0.25, 0.3) is 6.43 Å². The number of anilines is 2. The van der Waals surface area contributed by atoms with E-state index >= 15 is 0 Å². The van der Waals surface area contributed by atoms with Crippen molar-refractivity contribution in [1.29, 1.82) is 0 Å². The van der Waals surface area contributed by atoms with Crippen LogP contribution in [0.1, 0.15) is 18.4 Å². The van der Waals surface area contributed by atoms with Crippen LogP contribution in [0, 0.1) is 11.8 Å². The van der Waals surface area contributed by atoms with Crippen molar-refractivity contribution in [2.24, 2.45) is 11.8 Å². The van der Waals surface area contributed by atoms with Gasteiger partial charge in [0, 0.05) is 32.4 Å². The normalized spacial score (nSPS) is 23.0. The molecule has 1 aliphatic carbocycles. The largest absolute Gasteiger partial charge is 0.417 e. The first-order valence-corrected chi connectivity index (χ1v) is 10.7. The zero-order valence-electron chi connectivity index (χ0n) is 17.8. The summed E-state index contributed by atoms with van der Waals surface area (Å²) in [4.78, 5) is 16.6. The summed E-state index contributed by atoms with van der Waals surface area (Å²) >= 11 is 0. The maximum absolute atomic E-state index is 13.0. The molecule has 7 nitrogen and oxygen atoms in total. The Morgan fingerprint density at radius 3 is 2.48 bits per heavy atom. The number of fused-ring (bicyclic) bond motifs is 2. The molecule has 12 heteroatoms. The number of alkyl halides is 5. The Bertz CT molecular complexity index is 1130. The van der Waals surface area contributed by atoms with Crippen molar-refractivity contribution < 1.29 is 22.0 Å². The van der Waals surface area contributed by atoms with Crippen LogP contribution in [-0.2, 0) is 12.7 Å². The topological polar surface area (TPSA) is 63.0 Å². The van der Waals surface area contributed by atoms with Gasteiger partial charge in [-0.15, -0.1) is 0 Å². The van der Waals surface area contributed by atoms with Gasteiger partial charge >= 0.3 is 6.18 Å². The van der Waals surface area contributed by atoms with Gasteiger partial charge in [0.05, 0.1) is 29.8 Å².